The van der Waals surface area contributed by atoms with Crippen LogP contribution in [0.5, 0.6) is 0 Å². The third kappa shape index (κ3) is 5.39. The lowest BCUT2D eigenvalue weighted by Crippen LogP contribution is -2.34. The van der Waals surface area contributed by atoms with Crippen LogP contribution in [0.2, 0.25) is 0 Å². The van der Waals surface area contributed by atoms with Crippen molar-refractivity contribution in [2.24, 2.45) is 11.8 Å². The van der Waals surface area contributed by atoms with Gasteiger partial charge in [-0.2, -0.15) is 5.26 Å². The first-order valence-electron chi connectivity index (χ1n) is 8.61. The van der Waals surface area contributed by atoms with Gasteiger partial charge in [0.1, 0.15) is 5.60 Å². The molecule has 0 radical (unpaired) electrons. The standard InChI is InChI=1S/C20H27NO2/c1-20(2,3)23-19(22)18(17-7-5-4-6-8-17)13-15-9-11-16(14-21)12-10-15/h9-12,17-18H,4-8,13H2,1-3H3/t18-/m0/s1. The Bertz CT molecular complexity index is 557. The van der Waals surface area contributed by atoms with Crippen LogP contribution in [-0.2, 0) is 16.0 Å². The van der Waals surface area contributed by atoms with Crippen LogP contribution in [0.15, 0.2) is 24.3 Å². The van der Waals surface area contributed by atoms with E-state index in [1.54, 1.807) is 0 Å². The van der Waals surface area contributed by atoms with E-state index in [0.717, 1.165) is 18.4 Å². The van der Waals surface area contributed by atoms with Gasteiger partial charge in [-0.15, -0.1) is 0 Å². The molecule has 0 spiro atoms. The van der Waals surface area contributed by atoms with E-state index >= 15 is 0 Å². The Kier molecular flexibility index (Phi) is 5.82. The highest BCUT2D eigenvalue weighted by Gasteiger charge is 2.33. The molecule has 1 aliphatic carbocycles. The molecule has 3 nitrogen and oxygen atoms in total. The minimum atomic E-state index is -0.450. The van der Waals surface area contributed by atoms with E-state index in [1.807, 2.05) is 45.0 Å². The second-order valence-electron chi connectivity index (χ2n) is 7.55. The number of nitrogens with zero attached hydrogens (tertiary/aromatic N) is 1. The maximum Gasteiger partial charge on any atom is 0.310 e. The van der Waals surface area contributed by atoms with Crippen molar-refractivity contribution < 1.29 is 9.53 Å². The molecule has 124 valence electrons. The summed E-state index contributed by atoms with van der Waals surface area (Å²) in [6, 6.07) is 9.69. The molecule has 1 aromatic rings. The van der Waals surface area contributed by atoms with Crippen LogP contribution in [0.25, 0.3) is 0 Å². The number of benzene rings is 1. The fraction of sp³-hybridized carbons (Fsp3) is 0.600. The van der Waals surface area contributed by atoms with Gasteiger partial charge >= 0.3 is 5.97 Å². The Hall–Kier alpha value is -1.82. The van der Waals surface area contributed by atoms with E-state index in [9.17, 15) is 4.79 Å². The Balaban J connectivity index is 2.14. The molecular weight excluding hydrogens is 286 g/mol. The maximum atomic E-state index is 12.7. The highest BCUT2D eigenvalue weighted by molar-refractivity contribution is 5.73. The molecule has 23 heavy (non-hydrogen) atoms. The molecule has 1 saturated carbocycles. The topological polar surface area (TPSA) is 50.1 Å². The predicted molar refractivity (Wildman–Crippen MR) is 90.8 cm³/mol. The quantitative estimate of drug-likeness (QED) is 0.761. The second kappa shape index (κ2) is 7.64. The first-order chi connectivity index (χ1) is 10.9. The van der Waals surface area contributed by atoms with Crippen LogP contribution in [0, 0.1) is 23.2 Å². The highest BCUT2D eigenvalue weighted by Crippen LogP contribution is 2.33. The Labute approximate surface area is 139 Å². The van der Waals surface area contributed by atoms with Gasteiger partial charge < -0.3 is 4.74 Å². The van der Waals surface area contributed by atoms with Crippen molar-refractivity contribution in [1.29, 1.82) is 5.26 Å². The largest absolute Gasteiger partial charge is 0.460 e. The Morgan fingerprint density at radius 1 is 1.22 bits per heavy atom. The summed E-state index contributed by atoms with van der Waals surface area (Å²) in [4.78, 5) is 12.7. The minimum Gasteiger partial charge on any atom is -0.460 e. The molecule has 0 bridgehead atoms. The van der Waals surface area contributed by atoms with E-state index in [1.165, 1.54) is 19.3 Å². The van der Waals surface area contributed by atoms with Crippen LogP contribution in [-0.4, -0.2) is 11.6 Å². The fourth-order valence-corrected chi connectivity index (χ4v) is 3.33. The maximum absolute atomic E-state index is 12.7. The van der Waals surface area contributed by atoms with E-state index in [0.29, 0.717) is 17.9 Å². The average molecular weight is 313 g/mol. The number of nitriles is 1. The Morgan fingerprint density at radius 3 is 2.35 bits per heavy atom. The molecule has 0 heterocycles. The van der Waals surface area contributed by atoms with Crippen LogP contribution < -0.4 is 0 Å². The molecule has 1 atom stereocenters. The van der Waals surface area contributed by atoms with Crippen LogP contribution >= 0.6 is 0 Å². The van der Waals surface area contributed by atoms with Crippen molar-refractivity contribution in [2.75, 3.05) is 0 Å². The van der Waals surface area contributed by atoms with Crippen molar-refractivity contribution in [3.63, 3.8) is 0 Å². The van der Waals surface area contributed by atoms with Gasteiger partial charge in [0.2, 0.25) is 0 Å². The molecule has 1 aliphatic rings. The van der Waals surface area contributed by atoms with E-state index < -0.39 is 5.60 Å². The molecule has 1 aromatic carbocycles. The highest BCUT2D eigenvalue weighted by atomic mass is 16.6. The molecule has 0 aliphatic heterocycles. The molecule has 0 unspecified atom stereocenters. The summed E-state index contributed by atoms with van der Waals surface area (Å²) >= 11 is 0. The van der Waals surface area contributed by atoms with Crippen molar-refractivity contribution in [3.8, 4) is 6.07 Å². The first-order valence-corrected chi connectivity index (χ1v) is 8.61. The SMILES string of the molecule is CC(C)(C)OC(=O)[C@@H](Cc1ccc(C#N)cc1)C1CCCCC1. The third-order valence-corrected chi connectivity index (χ3v) is 4.47. The molecule has 0 N–H and O–H groups in total. The molecule has 0 amide bonds. The number of ether oxygens (including phenoxy) is 1. The summed E-state index contributed by atoms with van der Waals surface area (Å²) in [5.41, 5.74) is 1.31. The predicted octanol–water partition coefficient (Wildman–Crippen LogP) is 4.64. The van der Waals surface area contributed by atoms with E-state index in [2.05, 4.69) is 6.07 Å². The summed E-state index contributed by atoms with van der Waals surface area (Å²) in [6.07, 6.45) is 6.61. The van der Waals surface area contributed by atoms with Crippen molar-refractivity contribution in [2.45, 2.75) is 64.9 Å². The van der Waals surface area contributed by atoms with Gasteiger partial charge in [-0.25, -0.2) is 0 Å². The van der Waals surface area contributed by atoms with Crippen molar-refractivity contribution >= 4 is 5.97 Å². The summed E-state index contributed by atoms with van der Waals surface area (Å²) < 4.78 is 5.68. The number of carbonyl (C=O) groups excluding carboxylic acids is 1. The number of hydrogen-bond acceptors (Lipinski definition) is 3. The lowest BCUT2D eigenvalue weighted by Gasteiger charge is -2.31. The van der Waals surface area contributed by atoms with Crippen molar-refractivity contribution in [3.05, 3.63) is 35.4 Å². The van der Waals surface area contributed by atoms with Crippen LogP contribution in [0.4, 0.5) is 0 Å². The van der Waals surface area contributed by atoms with Gasteiger partial charge in [0.25, 0.3) is 0 Å². The third-order valence-electron chi connectivity index (χ3n) is 4.47. The zero-order chi connectivity index (χ0) is 16.9. The van der Waals surface area contributed by atoms with Gasteiger partial charge in [-0.3, -0.25) is 4.79 Å². The number of rotatable bonds is 4. The summed E-state index contributed by atoms with van der Waals surface area (Å²) in [6.45, 7) is 5.76. The molecule has 3 heteroatoms. The van der Waals surface area contributed by atoms with E-state index in [4.69, 9.17) is 10.00 Å². The van der Waals surface area contributed by atoms with Gasteiger partial charge in [0.15, 0.2) is 0 Å². The Morgan fingerprint density at radius 2 is 1.83 bits per heavy atom. The monoisotopic (exact) mass is 313 g/mol. The van der Waals surface area contributed by atoms with Gasteiger partial charge in [-0.1, -0.05) is 31.4 Å². The smallest absolute Gasteiger partial charge is 0.310 e. The number of carbonyl (C=O) groups is 1. The van der Waals surface area contributed by atoms with Gasteiger partial charge in [-0.05, 0) is 63.6 Å². The van der Waals surface area contributed by atoms with Gasteiger partial charge in [0.05, 0.1) is 17.6 Å². The number of esters is 1. The summed E-state index contributed by atoms with van der Waals surface area (Å²) in [7, 11) is 0. The van der Waals surface area contributed by atoms with Gasteiger partial charge in [0, 0.05) is 0 Å². The molecule has 0 saturated heterocycles. The fourth-order valence-electron chi connectivity index (χ4n) is 3.33. The van der Waals surface area contributed by atoms with Crippen molar-refractivity contribution in [1.82, 2.24) is 0 Å². The lowest BCUT2D eigenvalue weighted by molar-refractivity contribution is -0.162. The van der Waals surface area contributed by atoms with Crippen LogP contribution in [0.3, 0.4) is 0 Å². The van der Waals surface area contributed by atoms with Crippen LogP contribution in [0.1, 0.15) is 64.0 Å². The van der Waals surface area contributed by atoms with E-state index in [-0.39, 0.29) is 11.9 Å². The zero-order valence-corrected chi connectivity index (χ0v) is 14.5. The average Bonchev–Trinajstić information content (AvgIpc) is 2.52. The normalized spacial score (nSPS) is 17.3. The zero-order valence-electron chi connectivity index (χ0n) is 14.5. The second-order valence-corrected chi connectivity index (χ2v) is 7.55. The molecular formula is C20H27NO2. The summed E-state index contributed by atoms with van der Waals surface area (Å²) in [5, 5.41) is 8.91. The molecule has 2 rings (SSSR count). The number of hydrogen-bond donors (Lipinski definition) is 0. The summed E-state index contributed by atoms with van der Waals surface area (Å²) in [5.74, 6) is 0.255. The lowest BCUT2D eigenvalue weighted by atomic mass is 9.77. The first kappa shape index (κ1) is 17.5. The minimum absolute atomic E-state index is 0.0752. The molecule has 0 aromatic heterocycles. The molecule has 1 fully saturated rings.